The number of hydrogen-bond acceptors (Lipinski definition) is 2. The van der Waals surface area contributed by atoms with E-state index in [2.05, 4.69) is 5.10 Å². The maximum atomic E-state index is 12.6. The number of nitrogens with zero attached hydrogens (tertiary/aromatic N) is 2. The molecular formula is C15H18F3N3. The molecule has 2 N–H and O–H groups in total. The highest BCUT2D eigenvalue weighted by atomic mass is 19.4. The average molecular weight is 297 g/mol. The Balaban J connectivity index is 2.26. The molecule has 0 spiro atoms. The minimum Gasteiger partial charge on any atom is -0.327 e. The molecule has 0 bridgehead atoms. The van der Waals surface area contributed by atoms with Crippen molar-refractivity contribution in [3.8, 4) is 5.69 Å². The summed E-state index contributed by atoms with van der Waals surface area (Å²) in [7, 11) is 0. The van der Waals surface area contributed by atoms with Crippen molar-refractivity contribution in [3.63, 3.8) is 0 Å². The van der Waals surface area contributed by atoms with Gasteiger partial charge in [-0.05, 0) is 43.0 Å². The van der Waals surface area contributed by atoms with Gasteiger partial charge in [0.1, 0.15) is 0 Å². The smallest absolute Gasteiger partial charge is 0.327 e. The van der Waals surface area contributed by atoms with Gasteiger partial charge in [-0.2, -0.15) is 18.3 Å². The molecule has 0 fully saturated rings. The van der Waals surface area contributed by atoms with Gasteiger partial charge >= 0.3 is 6.18 Å². The van der Waals surface area contributed by atoms with Crippen LogP contribution in [-0.2, 0) is 12.6 Å². The lowest BCUT2D eigenvalue weighted by Crippen LogP contribution is -2.21. The van der Waals surface area contributed by atoms with Gasteiger partial charge in [-0.15, -0.1) is 0 Å². The first-order valence-electron chi connectivity index (χ1n) is 6.78. The van der Waals surface area contributed by atoms with Gasteiger partial charge in [-0.1, -0.05) is 13.0 Å². The van der Waals surface area contributed by atoms with E-state index in [4.69, 9.17) is 5.73 Å². The van der Waals surface area contributed by atoms with Crippen LogP contribution in [0.3, 0.4) is 0 Å². The van der Waals surface area contributed by atoms with Crippen LogP contribution in [-0.4, -0.2) is 15.8 Å². The van der Waals surface area contributed by atoms with Crippen molar-refractivity contribution in [2.75, 3.05) is 0 Å². The van der Waals surface area contributed by atoms with Crippen molar-refractivity contribution in [2.24, 2.45) is 5.73 Å². The summed E-state index contributed by atoms with van der Waals surface area (Å²) in [6.45, 7) is 3.95. The van der Waals surface area contributed by atoms with Gasteiger partial charge in [-0.3, -0.25) is 0 Å². The number of hydrogen-bond donors (Lipinski definition) is 1. The lowest BCUT2D eigenvalue weighted by Gasteiger charge is -2.12. The minimum atomic E-state index is -4.37. The molecule has 21 heavy (non-hydrogen) atoms. The Kier molecular flexibility index (Phi) is 4.37. The summed E-state index contributed by atoms with van der Waals surface area (Å²) in [6.07, 6.45) is -0.908. The molecule has 1 atom stereocenters. The van der Waals surface area contributed by atoms with Crippen molar-refractivity contribution in [2.45, 2.75) is 38.9 Å². The number of aryl methyl sites for hydroxylation is 1. The molecule has 2 rings (SSSR count). The van der Waals surface area contributed by atoms with Gasteiger partial charge in [-0.25, -0.2) is 4.68 Å². The zero-order valence-corrected chi connectivity index (χ0v) is 12.0. The number of halogens is 3. The van der Waals surface area contributed by atoms with Crippen molar-refractivity contribution in [1.29, 1.82) is 0 Å². The van der Waals surface area contributed by atoms with E-state index in [0.717, 1.165) is 36.4 Å². The summed E-state index contributed by atoms with van der Waals surface area (Å²) in [5, 5.41) is 3.77. The Labute approximate surface area is 121 Å². The van der Waals surface area contributed by atoms with E-state index in [9.17, 15) is 13.2 Å². The highest BCUT2D eigenvalue weighted by Gasteiger charge is 2.32. The molecule has 3 nitrogen and oxygen atoms in total. The van der Waals surface area contributed by atoms with Crippen molar-refractivity contribution < 1.29 is 13.2 Å². The lowest BCUT2D eigenvalue weighted by atomic mass is 10.00. The predicted molar refractivity (Wildman–Crippen MR) is 75.3 cm³/mol. The average Bonchev–Trinajstić information content (AvgIpc) is 2.90. The van der Waals surface area contributed by atoms with Crippen LogP contribution in [0.1, 0.15) is 30.0 Å². The van der Waals surface area contributed by atoms with Crippen LogP contribution in [0.5, 0.6) is 0 Å². The lowest BCUT2D eigenvalue weighted by molar-refractivity contribution is -0.137. The quantitative estimate of drug-likeness (QED) is 0.939. The Bertz CT molecular complexity index is 617. The van der Waals surface area contributed by atoms with E-state index in [1.807, 2.05) is 26.0 Å². The molecule has 0 aliphatic heterocycles. The van der Waals surface area contributed by atoms with Gasteiger partial charge in [0.15, 0.2) is 0 Å². The molecule has 1 aromatic heterocycles. The Morgan fingerprint density at radius 1 is 1.33 bits per heavy atom. The summed E-state index contributed by atoms with van der Waals surface area (Å²) in [6, 6.07) is 5.58. The number of rotatable bonds is 4. The van der Waals surface area contributed by atoms with Crippen LogP contribution >= 0.6 is 0 Å². The Morgan fingerprint density at radius 2 is 2.05 bits per heavy atom. The molecule has 0 amide bonds. The standard InChI is InChI=1S/C15H18F3N3/c1-3-13(19)7-11-4-5-14(6-10(11)2)21-9-12(8-20-21)15(16,17)18/h4-6,8-9,13H,3,7,19H2,1-2H3. The van der Waals surface area contributed by atoms with Gasteiger partial charge in [0, 0.05) is 12.2 Å². The van der Waals surface area contributed by atoms with E-state index in [1.54, 1.807) is 6.07 Å². The summed E-state index contributed by atoms with van der Waals surface area (Å²) >= 11 is 0. The SMILES string of the molecule is CCC(N)Cc1ccc(-n2cc(C(F)(F)F)cn2)cc1C. The number of alkyl halides is 3. The van der Waals surface area contributed by atoms with Gasteiger partial charge in [0.25, 0.3) is 0 Å². The molecule has 1 heterocycles. The summed E-state index contributed by atoms with van der Waals surface area (Å²) in [5.74, 6) is 0. The molecule has 0 saturated heterocycles. The summed E-state index contributed by atoms with van der Waals surface area (Å²) in [5.41, 5.74) is 7.90. The number of benzene rings is 1. The fourth-order valence-corrected chi connectivity index (χ4v) is 2.09. The van der Waals surface area contributed by atoms with Gasteiger partial charge < -0.3 is 5.73 Å². The first kappa shape index (κ1) is 15.6. The van der Waals surface area contributed by atoms with Crippen molar-refractivity contribution >= 4 is 0 Å². The molecular weight excluding hydrogens is 279 g/mol. The van der Waals surface area contributed by atoms with Crippen LogP contribution in [0, 0.1) is 6.92 Å². The Hall–Kier alpha value is -1.82. The summed E-state index contributed by atoms with van der Waals surface area (Å²) in [4.78, 5) is 0. The molecule has 2 aromatic rings. The molecule has 6 heteroatoms. The van der Waals surface area contributed by atoms with Crippen LogP contribution in [0.2, 0.25) is 0 Å². The van der Waals surface area contributed by atoms with E-state index < -0.39 is 11.7 Å². The second kappa shape index (κ2) is 5.89. The fourth-order valence-electron chi connectivity index (χ4n) is 2.09. The third kappa shape index (κ3) is 3.64. The van der Waals surface area contributed by atoms with E-state index in [-0.39, 0.29) is 6.04 Å². The maximum Gasteiger partial charge on any atom is 0.419 e. The second-order valence-corrected chi connectivity index (χ2v) is 5.15. The van der Waals surface area contributed by atoms with Gasteiger partial charge in [0.05, 0.1) is 17.4 Å². The highest BCUT2D eigenvalue weighted by Crippen LogP contribution is 2.29. The molecule has 1 unspecified atom stereocenters. The van der Waals surface area contributed by atoms with Crippen molar-refractivity contribution in [1.82, 2.24) is 9.78 Å². The first-order valence-corrected chi connectivity index (χ1v) is 6.78. The molecule has 0 aliphatic rings. The molecule has 114 valence electrons. The number of aromatic nitrogens is 2. The van der Waals surface area contributed by atoms with E-state index in [0.29, 0.717) is 5.69 Å². The maximum absolute atomic E-state index is 12.6. The van der Waals surface area contributed by atoms with Crippen LogP contribution in [0.4, 0.5) is 13.2 Å². The zero-order chi connectivity index (χ0) is 15.6. The second-order valence-electron chi connectivity index (χ2n) is 5.15. The molecule has 0 saturated carbocycles. The monoisotopic (exact) mass is 297 g/mol. The molecule has 0 aliphatic carbocycles. The summed E-state index contributed by atoms with van der Waals surface area (Å²) < 4.78 is 39.0. The highest BCUT2D eigenvalue weighted by molar-refractivity contribution is 5.40. The van der Waals surface area contributed by atoms with E-state index >= 15 is 0 Å². The van der Waals surface area contributed by atoms with E-state index in [1.165, 1.54) is 4.68 Å². The minimum absolute atomic E-state index is 0.0936. The number of nitrogens with two attached hydrogens (primary N) is 1. The molecule has 0 radical (unpaired) electrons. The van der Waals surface area contributed by atoms with Crippen molar-refractivity contribution in [3.05, 3.63) is 47.3 Å². The largest absolute Gasteiger partial charge is 0.419 e. The third-order valence-corrected chi connectivity index (χ3v) is 3.51. The fraction of sp³-hybridized carbons (Fsp3) is 0.400. The third-order valence-electron chi connectivity index (χ3n) is 3.51. The van der Waals surface area contributed by atoms with Crippen LogP contribution < -0.4 is 5.73 Å². The zero-order valence-electron chi connectivity index (χ0n) is 12.0. The predicted octanol–water partition coefficient (Wildman–Crippen LogP) is 3.48. The van der Waals surface area contributed by atoms with Crippen LogP contribution in [0.15, 0.2) is 30.6 Å². The Morgan fingerprint density at radius 3 is 2.57 bits per heavy atom. The topological polar surface area (TPSA) is 43.8 Å². The van der Waals surface area contributed by atoms with Gasteiger partial charge in [0.2, 0.25) is 0 Å². The molecule has 1 aromatic carbocycles. The van der Waals surface area contributed by atoms with Crippen LogP contribution in [0.25, 0.3) is 5.69 Å². The normalized spacial score (nSPS) is 13.4. The first-order chi connectivity index (χ1) is 9.81.